The number of aromatic nitrogens is 2. The standard InChI is InChI=1S/C20H16ClN3OS/c1-22-20-23-15(11-26-20)18-17(12-6-4-3-5-7-12)14-10-13(21)8-9-16(14)24(2)19(18)25/h3-11H,1-2H3,(H,22,23). The summed E-state index contributed by atoms with van der Waals surface area (Å²) < 4.78 is 1.66. The highest BCUT2D eigenvalue weighted by Gasteiger charge is 2.20. The van der Waals surface area contributed by atoms with Gasteiger partial charge in [0.25, 0.3) is 5.56 Å². The molecular formula is C20H16ClN3OS. The number of rotatable bonds is 3. The van der Waals surface area contributed by atoms with E-state index in [1.165, 1.54) is 11.3 Å². The molecule has 0 spiro atoms. The molecule has 1 N–H and O–H groups in total. The molecule has 0 amide bonds. The van der Waals surface area contributed by atoms with Gasteiger partial charge in [-0.1, -0.05) is 41.9 Å². The van der Waals surface area contributed by atoms with Gasteiger partial charge in [0, 0.05) is 35.4 Å². The van der Waals surface area contributed by atoms with Crippen LogP contribution in [0, 0.1) is 0 Å². The van der Waals surface area contributed by atoms with E-state index in [0.29, 0.717) is 16.3 Å². The monoisotopic (exact) mass is 381 g/mol. The van der Waals surface area contributed by atoms with E-state index in [2.05, 4.69) is 10.3 Å². The molecule has 2 aromatic heterocycles. The normalized spacial score (nSPS) is 11.0. The fraction of sp³-hybridized carbons (Fsp3) is 0.100. The van der Waals surface area contributed by atoms with E-state index in [1.807, 2.05) is 54.9 Å². The molecule has 130 valence electrons. The van der Waals surface area contributed by atoms with Crippen molar-refractivity contribution in [2.24, 2.45) is 7.05 Å². The Morgan fingerprint density at radius 2 is 1.88 bits per heavy atom. The van der Waals surface area contributed by atoms with Gasteiger partial charge in [0.1, 0.15) is 0 Å². The van der Waals surface area contributed by atoms with Crippen LogP contribution in [0.3, 0.4) is 0 Å². The van der Waals surface area contributed by atoms with Crippen LogP contribution in [0.4, 0.5) is 5.13 Å². The van der Waals surface area contributed by atoms with Gasteiger partial charge in [0.05, 0.1) is 16.8 Å². The molecule has 0 atom stereocenters. The van der Waals surface area contributed by atoms with Crippen molar-refractivity contribution < 1.29 is 0 Å². The second kappa shape index (κ2) is 6.59. The summed E-state index contributed by atoms with van der Waals surface area (Å²) in [4.78, 5) is 17.8. The van der Waals surface area contributed by atoms with Gasteiger partial charge in [-0.15, -0.1) is 11.3 Å². The molecule has 0 bridgehead atoms. The summed E-state index contributed by atoms with van der Waals surface area (Å²) in [5.74, 6) is 0. The first-order valence-corrected chi connectivity index (χ1v) is 9.37. The highest BCUT2D eigenvalue weighted by atomic mass is 35.5. The number of hydrogen-bond acceptors (Lipinski definition) is 4. The summed E-state index contributed by atoms with van der Waals surface area (Å²) in [7, 11) is 3.60. The molecule has 0 fully saturated rings. The van der Waals surface area contributed by atoms with Crippen molar-refractivity contribution in [1.82, 2.24) is 9.55 Å². The SMILES string of the molecule is CNc1nc(-c2c(-c3ccccc3)c3cc(Cl)ccc3n(C)c2=O)cs1. The number of pyridine rings is 1. The molecule has 4 rings (SSSR count). The Labute approximate surface area is 159 Å². The average molecular weight is 382 g/mol. The number of thiazole rings is 1. The molecule has 0 unspecified atom stereocenters. The minimum absolute atomic E-state index is 0.0772. The largest absolute Gasteiger partial charge is 0.365 e. The third kappa shape index (κ3) is 2.69. The van der Waals surface area contributed by atoms with Gasteiger partial charge >= 0.3 is 0 Å². The van der Waals surface area contributed by atoms with Crippen LogP contribution in [0.25, 0.3) is 33.3 Å². The minimum Gasteiger partial charge on any atom is -0.365 e. The lowest BCUT2D eigenvalue weighted by Crippen LogP contribution is -2.20. The molecule has 0 saturated carbocycles. The predicted octanol–water partition coefficient (Wildman–Crippen LogP) is 5.02. The molecule has 6 heteroatoms. The Hall–Kier alpha value is -2.63. The van der Waals surface area contributed by atoms with Gasteiger partial charge in [0.15, 0.2) is 5.13 Å². The molecule has 26 heavy (non-hydrogen) atoms. The molecule has 0 saturated heterocycles. The van der Waals surface area contributed by atoms with Crippen molar-refractivity contribution in [2.75, 3.05) is 12.4 Å². The summed E-state index contributed by atoms with van der Waals surface area (Å²) in [6.07, 6.45) is 0. The first-order chi connectivity index (χ1) is 12.6. The van der Waals surface area contributed by atoms with E-state index in [0.717, 1.165) is 27.2 Å². The van der Waals surface area contributed by atoms with Crippen LogP contribution in [-0.2, 0) is 7.05 Å². The Balaban J connectivity index is 2.19. The van der Waals surface area contributed by atoms with E-state index >= 15 is 0 Å². The Kier molecular flexibility index (Phi) is 4.26. The van der Waals surface area contributed by atoms with Crippen LogP contribution in [0.15, 0.2) is 58.7 Å². The Morgan fingerprint density at radius 3 is 2.58 bits per heavy atom. The first-order valence-electron chi connectivity index (χ1n) is 8.11. The van der Waals surface area contributed by atoms with E-state index in [9.17, 15) is 4.79 Å². The Bertz CT molecular complexity index is 1170. The molecule has 0 aliphatic heterocycles. The molecule has 2 heterocycles. The van der Waals surface area contributed by atoms with Crippen molar-refractivity contribution in [3.63, 3.8) is 0 Å². The number of benzene rings is 2. The number of anilines is 1. The lowest BCUT2D eigenvalue weighted by molar-refractivity contribution is 0.908. The number of aryl methyl sites for hydroxylation is 1. The third-order valence-electron chi connectivity index (χ3n) is 4.39. The predicted molar refractivity (Wildman–Crippen MR) is 110 cm³/mol. The summed E-state index contributed by atoms with van der Waals surface area (Å²) in [6.45, 7) is 0. The molecule has 0 aliphatic carbocycles. The summed E-state index contributed by atoms with van der Waals surface area (Å²) in [5, 5.41) is 7.28. The zero-order chi connectivity index (χ0) is 18.3. The number of nitrogens with zero attached hydrogens (tertiary/aromatic N) is 2. The lowest BCUT2D eigenvalue weighted by atomic mass is 9.94. The maximum atomic E-state index is 13.2. The van der Waals surface area contributed by atoms with Crippen molar-refractivity contribution >= 4 is 39.0 Å². The van der Waals surface area contributed by atoms with Crippen molar-refractivity contribution in [3.05, 3.63) is 69.3 Å². The molecule has 2 aromatic carbocycles. The van der Waals surface area contributed by atoms with Crippen molar-refractivity contribution in [1.29, 1.82) is 0 Å². The fourth-order valence-corrected chi connectivity index (χ4v) is 4.00. The molecular weight excluding hydrogens is 366 g/mol. The summed E-state index contributed by atoms with van der Waals surface area (Å²) in [5.41, 5.74) is 3.84. The van der Waals surface area contributed by atoms with Crippen LogP contribution >= 0.6 is 22.9 Å². The molecule has 0 radical (unpaired) electrons. The summed E-state index contributed by atoms with van der Waals surface area (Å²) >= 11 is 7.76. The van der Waals surface area contributed by atoms with Crippen molar-refractivity contribution in [3.8, 4) is 22.4 Å². The summed E-state index contributed by atoms with van der Waals surface area (Å²) in [6, 6.07) is 15.5. The highest BCUT2D eigenvalue weighted by molar-refractivity contribution is 7.14. The van der Waals surface area contributed by atoms with Gasteiger partial charge < -0.3 is 9.88 Å². The fourth-order valence-electron chi connectivity index (χ4n) is 3.17. The van der Waals surface area contributed by atoms with Gasteiger partial charge in [-0.25, -0.2) is 4.98 Å². The van der Waals surface area contributed by atoms with E-state index in [1.54, 1.807) is 17.7 Å². The Morgan fingerprint density at radius 1 is 1.12 bits per heavy atom. The second-order valence-electron chi connectivity index (χ2n) is 5.93. The van der Waals surface area contributed by atoms with Gasteiger partial charge in [0.2, 0.25) is 0 Å². The van der Waals surface area contributed by atoms with Crippen LogP contribution < -0.4 is 10.9 Å². The maximum absolute atomic E-state index is 13.2. The van der Waals surface area contributed by atoms with E-state index in [-0.39, 0.29) is 5.56 Å². The molecule has 4 nitrogen and oxygen atoms in total. The highest BCUT2D eigenvalue weighted by Crippen LogP contribution is 2.37. The zero-order valence-electron chi connectivity index (χ0n) is 14.3. The number of halogens is 1. The zero-order valence-corrected chi connectivity index (χ0v) is 15.9. The van der Waals surface area contributed by atoms with Gasteiger partial charge in [-0.05, 0) is 23.8 Å². The number of hydrogen-bond donors (Lipinski definition) is 1. The van der Waals surface area contributed by atoms with Gasteiger partial charge in [-0.3, -0.25) is 4.79 Å². The number of nitrogens with one attached hydrogen (secondary N) is 1. The van der Waals surface area contributed by atoms with Crippen LogP contribution in [-0.4, -0.2) is 16.6 Å². The first kappa shape index (κ1) is 16.8. The second-order valence-corrected chi connectivity index (χ2v) is 7.22. The third-order valence-corrected chi connectivity index (χ3v) is 5.49. The lowest BCUT2D eigenvalue weighted by Gasteiger charge is -2.15. The van der Waals surface area contributed by atoms with Crippen LogP contribution in [0.1, 0.15) is 0 Å². The van der Waals surface area contributed by atoms with Gasteiger partial charge in [-0.2, -0.15) is 0 Å². The van der Waals surface area contributed by atoms with E-state index < -0.39 is 0 Å². The number of fused-ring (bicyclic) bond motifs is 1. The van der Waals surface area contributed by atoms with Crippen molar-refractivity contribution in [2.45, 2.75) is 0 Å². The minimum atomic E-state index is -0.0772. The molecule has 0 aliphatic rings. The van der Waals surface area contributed by atoms with E-state index in [4.69, 9.17) is 11.6 Å². The smallest absolute Gasteiger partial charge is 0.260 e. The quantitative estimate of drug-likeness (QED) is 0.541. The van der Waals surface area contributed by atoms with Crippen LogP contribution in [0.2, 0.25) is 5.02 Å². The molecule has 4 aromatic rings. The maximum Gasteiger partial charge on any atom is 0.260 e. The topological polar surface area (TPSA) is 46.9 Å². The average Bonchev–Trinajstić information content (AvgIpc) is 3.13. The van der Waals surface area contributed by atoms with Crippen LogP contribution in [0.5, 0.6) is 0 Å².